The largest absolute Gasteiger partial charge is 0.349 e. The zero-order valence-corrected chi connectivity index (χ0v) is 15.0. The van der Waals surface area contributed by atoms with Crippen LogP contribution in [0.1, 0.15) is 5.69 Å². The van der Waals surface area contributed by atoms with Crippen molar-refractivity contribution in [1.29, 1.82) is 5.26 Å². The number of nitriles is 1. The number of rotatable bonds is 4. The lowest BCUT2D eigenvalue weighted by Gasteiger charge is -2.30. The summed E-state index contributed by atoms with van der Waals surface area (Å²) < 4.78 is 13.0. The summed E-state index contributed by atoms with van der Waals surface area (Å²) in [5.41, 5.74) is 3.94. The van der Waals surface area contributed by atoms with Gasteiger partial charge in [-0.05, 0) is 42.7 Å². The molecule has 2 heterocycles. The first-order valence-electron chi connectivity index (χ1n) is 7.80. The fraction of sp³-hybridized carbons (Fsp3) is 0.111. The smallest absolute Gasteiger partial charge is 0.276 e. The van der Waals surface area contributed by atoms with Crippen LogP contribution < -0.4 is 15.8 Å². The Balaban J connectivity index is 1.83. The van der Waals surface area contributed by atoms with Crippen molar-refractivity contribution in [3.05, 3.63) is 64.7 Å². The monoisotopic (exact) mass is 383 g/mol. The summed E-state index contributed by atoms with van der Waals surface area (Å²) in [4.78, 5) is 29.1. The van der Waals surface area contributed by atoms with E-state index in [9.17, 15) is 14.0 Å². The number of pyridine rings is 1. The van der Waals surface area contributed by atoms with E-state index in [0.717, 1.165) is 0 Å². The molecule has 1 fully saturated rings. The summed E-state index contributed by atoms with van der Waals surface area (Å²) in [6.45, 7) is -0.0796. The van der Waals surface area contributed by atoms with Gasteiger partial charge in [-0.3, -0.25) is 20.0 Å². The molecule has 0 unspecified atom stereocenters. The van der Waals surface area contributed by atoms with Gasteiger partial charge in [0, 0.05) is 5.69 Å². The van der Waals surface area contributed by atoms with E-state index in [-0.39, 0.29) is 29.4 Å². The number of aromatic nitrogens is 1. The maximum Gasteiger partial charge on any atom is 0.276 e. The molecule has 7 nitrogen and oxygen atoms in total. The summed E-state index contributed by atoms with van der Waals surface area (Å²) in [6.07, 6.45) is 3.14. The normalized spacial score (nSPS) is 15.8. The van der Waals surface area contributed by atoms with E-state index in [4.69, 9.17) is 5.26 Å². The van der Waals surface area contributed by atoms with Gasteiger partial charge in [0.15, 0.2) is 5.78 Å². The van der Waals surface area contributed by atoms with Crippen molar-refractivity contribution < 1.29 is 14.0 Å². The molecule has 1 saturated heterocycles. The molecule has 1 aromatic carbocycles. The summed E-state index contributed by atoms with van der Waals surface area (Å²) in [6, 6.07) is 10.6. The van der Waals surface area contributed by atoms with Crippen LogP contribution in [0, 0.1) is 17.1 Å². The quantitative estimate of drug-likeness (QED) is 0.617. The van der Waals surface area contributed by atoms with Crippen molar-refractivity contribution in [1.82, 2.24) is 10.4 Å². The van der Waals surface area contributed by atoms with Gasteiger partial charge in [-0.1, -0.05) is 0 Å². The molecule has 1 aliphatic heterocycles. The molecule has 0 aliphatic carbocycles. The Morgan fingerprint density at radius 3 is 2.59 bits per heavy atom. The maximum atomic E-state index is 13.0. The number of anilines is 2. The molecule has 2 N–H and O–H groups in total. The lowest BCUT2D eigenvalue weighted by molar-refractivity contribution is -0.124. The molecule has 2 aromatic rings. The molecular weight excluding hydrogens is 369 g/mol. The Hall–Kier alpha value is -3.38. The van der Waals surface area contributed by atoms with E-state index in [2.05, 4.69) is 15.7 Å². The molecule has 0 bridgehead atoms. The van der Waals surface area contributed by atoms with E-state index in [0.29, 0.717) is 16.4 Å². The first kappa shape index (κ1) is 18.4. The number of halogens is 1. The van der Waals surface area contributed by atoms with Crippen molar-refractivity contribution in [2.24, 2.45) is 0 Å². The van der Waals surface area contributed by atoms with E-state index in [1.165, 1.54) is 53.3 Å². The van der Waals surface area contributed by atoms with Crippen LogP contribution in [0.15, 0.2) is 53.2 Å². The highest BCUT2D eigenvalue weighted by atomic mass is 32.2. The fourth-order valence-corrected chi connectivity index (χ4v) is 3.08. The van der Waals surface area contributed by atoms with Crippen LogP contribution >= 0.6 is 11.8 Å². The van der Waals surface area contributed by atoms with E-state index < -0.39 is 5.91 Å². The molecule has 0 spiro atoms. The number of hydrogen-bond acceptors (Lipinski definition) is 7. The molecule has 0 saturated carbocycles. The summed E-state index contributed by atoms with van der Waals surface area (Å²) in [7, 11) is 0. The van der Waals surface area contributed by atoms with Gasteiger partial charge in [-0.15, -0.1) is 11.8 Å². The van der Waals surface area contributed by atoms with Gasteiger partial charge in [-0.2, -0.15) is 5.26 Å². The highest BCUT2D eigenvalue weighted by molar-refractivity contribution is 8.02. The Labute approximate surface area is 158 Å². The number of carbonyl (C=O) groups excluding carboxylic acids is 2. The first-order chi connectivity index (χ1) is 13.0. The molecule has 3 rings (SSSR count). The Kier molecular flexibility index (Phi) is 5.38. The first-order valence-corrected chi connectivity index (χ1v) is 9.03. The minimum absolute atomic E-state index is 0.00433. The third-order valence-electron chi connectivity index (χ3n) is 3.75. The third kappa shape index (κ3) is 4.07. The van der Waals surface area contributed by atoms with E-state index >= 15 is 0 Å². The molecule has 1 aliphatic rings. The van der Waals surface area contributed by atoms with Crippen LogP contribution in [0.5, 0.6) is 0 Å². The van der Waals surface area contributed by atoms with Crippen molar-refractivity contribution >= 4 is 34.8 Å². The summed E-state index contributed by atoms with van der Waals surface area (Å²) in [5.74, 6) is -1.31. The number of ketones is 1. The lowest BCUT2D eigenvalue weighted by atomic mass is 10.1. The van der Waals surface area contributed by atoms with Crippen LogP contribution in [0.25, 0.3) is 0 Å². The number of amides is 1. The van der Waals surface area contributed by atoms with Gasteiger partial charge in [0.05, 0.1) is 16.9 Å². The second kappa shape index (κ2) is 7.88. The van der Waals surface area contributed by atoms with E-state index in [1.54, 1.807) is 12.3 Å². The molecule has 27 heavy (non-hydrogen) atoms. The molecule has 1 aromatic heterocycles. The zero-order valence-electron chi connectivity index (χ0n) is 14.2. The van der Waals surface area contributed by atoms with Crippen LogP contribution in [0.2, 0.25) is 0 Å². The summed E-state index contributed by atoms with van der Waals surface area (Å²) >= 11 is 1.21. The standard InChI is InChI=1S/C18H14FN5O2S/c1-27-18(22-12-4-2-11(19)3-5-12)16-15(25)10-24(23-17(16)26)14-7-6-13(8-20)21-9-14/h2-7,9,22H,10H2,1H3,(H,23,26)/b18-16+. The number of nitrogens with one attached hydrogen (secondary N) is 2. The number of carbonyl (C=O) groups is 2. The predicted octanol–water partition coefficient (Wildman–Crippen LogP) is 2.20. The molecule has 0 atom stereocenters. The highest BCUT2D eigenvalue weighted by Gasteiger charge is 2.32. The van der Waals surface area contributed by atoms with Gasteiger partial charge >= 0.3 is 0 Å². The molecule has 1 amide bonds. The number of Topliss-reactive ketones (excluding diaryl/α,β-unsaturated/α-hetero) is 1. The van der Waals surface area contributed by atoms with Crippen LogP contribution in [-0.2, 0) is 9.59 Å². The summed E-state index contributed by atoms with van der Waals surface area (Å²) in [5, 5.41) is 13.5. The second-order valence-electron chi connectivity index (χ2n) is 5.50. The van der Waals surface area contributed by atoms with Crippen molar-refractivity contribution in [3.8, 4) is 6.07 Å². The molecule has 136 valence electrons. The number of thioether (sulfide) groups is 1. The Morgan fingerprint density at radius 2 is 2.04 bits per heavy atom. The number of benzene rings is 1. The minimum Gasteiger partial charge on any atom is -0.349 e. The van der Waals surface area contributed by atoms with Gasteiger partial charge in [0.2, 0.25) is 0 Å². The highest BCUT2D eigenvalue weighted by Crippen LogP contribution is 2.24. The zero-order chi connectivity index (χ0) is 19.4. The molecule has 0 radical (unpaired) electrons. The van der Waals surface area contributed by atoms with Crippen molar-refractivity contribution in [2.45, 2.75) is 0 Å². The molecule has 9 heteroatoms. The average molecular weight is 383 g/mol. The predicted molar refractivity (Wildman–Crippen MR) is 100 cm³/mol. The minimum atomic E-state index is -0.561. The van der Waals surface area contributed by atoms with Crippen LogP contribution in [-0.4, -0.2) is 29.5 Å². The lowest BCUT2D eigenvalue weighted by Crippen LogP contribution is -2.53. The van der Waals surface area contributed by atoms with Gasteiger partial charge in [0.1, 0.15) is 29.7 Å². The van der Waals surface area contributed by atoms with Gasteiger partial charge < -0.3 is 5.32 Å². The number of nitrogens with zero attached hydrogens (tertiary/aromatic N) is 3. The van der Waals surface area contributed by atoms with Crippen molar-refractivity contribution in [2.75, 3.05) is 23.1 Å². The van der Waals surface area contributed by atoms with Gasteiger partial charge in [0.25, 0.3) is 5.91 Å². The SMILES string of the molecule is CS/C(Nc1ccc(F)cc1)=C1\C(=O)CN(c2ccc(C#N)nc2)NC1=O. The fourth-order valence-electron chi connectivity index (χ4n) is 2.44. The molecular formula is C18H14FN5O2S. The maximum absolute atomic E-state index is 13.0. The third-order valence-corrected chi connectivity index (χ3v) is 4.47. The average Bonchev–Trinajstić information content (AvgIpc) is 2.68. The number of hydrogen-bond donors (Lipinski definition) is 2. The van der Waals surface area contributed by atoms with E-state index in [1.807, 2.05) is 6.07 Å². The topological polar surface area (TPSA) is 98.1 Å². The number of hydrazine groups is 1. The van der Waals surface area contributed by atoms with Crippen LogP contribution in [0.4, 0.5) is 15.8 Å². The van der Waals surface area contributed by atoms with Crippen molar-refractivity contribution in [3.63, 3.8) is 0 Å². The van der Waals surface area contributed by atoms with Crippen LogP contribution in [0.3, 0.4) is 0 Å². The van der Waals surface area contributed by atoms with Gasteiger partial charge in [-0.25, -0.2) is 9.37 Å². The second-order valence-corrected chi connectivity index (χ2v) is 6.32. The Morgan fingerprint density at radius 1 is 1.30 bits per heavy atom. The Bertz CT molecular complexity index is 931.